The number of aromatic nitrogens is 2. The van der Waals surface area contributed by atoms with Crippen molar-refractivity contribution in [3.8, 4) is 0 Å². The van der Waals surface area contributed by atoms with Crippen LogP contribution in [0.3, 0.4) is 0 Å². The summed E-state index contributed by atoms with van der Waals surface area (Å²) in [5, 5.41) is 4.64. The molecule has 1 aliphatic heterocycles. The molecule has 30 heavy (non-hydrogen) atoms. The normalized spacial score (nSPS) is 21.5. The van der Waals surface area contributed by atoms with Crippen LogP contribution in [-0.2, 0) is 9.53 Å². The van der Waals surface area contributed by atoms with Crippen molar-refractivity contribution in [2.75, 3.05) is 50.6 Å². The third kappa shape index (κ3) is 6.05. The number of amides is 1. The maximum Gasteiger partial charge on any atom is 0.225 e. The van der Waals surface area contributed by atoms with Crippen LogP contribution in [0.15, 0.2) is 24.3 Å². The van der Waals surface area contributed by atoms with Crippen molar-refractivity contribution in [1.82, 2.24) is 14.9 Å². The van der Waals surface area contributed by atoms with Crippen LogP contribution < -0.4 is 10.2 Å². The molecule has 7 nitrogen and oxygen atoms in total. The Labute approximate surface area is 179 Å². The molecule has 2 aromatic rings. The SMILES string of the molecule is CC(=O)N1CCOCC1.CC1CCC(Nc2nc(N(C)C)c3ccccc3n2)CC1. The van der Waals surface area contributed by atoms with Crippen molar-refractivity contribution in [1.29, 1.82) is 0 Å². The zero-order chi connectivity index (χ0) is 21.5. The standard InChI is InChI=1S/C17H24N4.C6H11NO2/c1-12-8-10-13(11-9-12)18-17-19-15-7-5-4-6-14(15)16(20-17)21(2)3;1-6(8)7-2-4-9-5-3-7/h4-7,12-13H,8-11H2,1-3H3,(H,18,19,20);2-5H2,1H3. The fraction of sp³-hybridized carbons (Fsp3) is 0.609. The van der Waals surface area contributed by atoms with Crippen molar-refractivity contribution < 1.29 is 9.53 Å². The minimum absolute atomic E-state index is 0.151. The Morgan fingerprint density at radius 2 is 1.77 bits per heavy atom. The Kier molecular flexibility index (Phi) is 7.85. The van der Waals surface area contributed by atoms with E-state index < -0.39 is 0 Å². The molecule has 4 rings (SSSR count). The molecule has 1 N–H and O–H groups in total. The summed E-state index contributed by atoms with van der Waals surface area (Å²) in [4.78, 5) is 23.9. The van der Waals surface area contributed by atoms with Crippen molar-refractivity contribution in [2.24, 2.45) is 5.92 Å². The third-order valence-corrected chi connectivity index (χ3v) is 5.81. The second-order valence-electron chi connectivity index (χ2n) is 8.50. The second kappa shape index (κ2) is 10.6. The van der Waals surface area contributed by atoms with Gasteiger partial charge in [-0.25, -0.2) is 4.98 Å². The van der Waals surface area contributed by atoms with Gasteiger partial charge in [0.15, 0.2) is 0 Å². The van der Waals surface area contributed by atoms with E-state index in [4.69, 9.17) is 9.72 Å². The number of carbonyl (C=O) groups is 1. The van der Waals surface area contributed by atoms with Gasteiger partial charge in [0.25, 0.3) is 0 Å². The maximum absolute atomic E-state index is 10.7. The molecule has 1 aromatic carbocycles. The number of rotatable bonds is 3. The average Bonchev–Trinajstić information content (AvgIpc) is 2.76. The van der Waals surface area contributed by atoms with Gasteiger partial charge in [0.2, 0.25) is 11.9 Å². The number of hydrogen-bond donors (Lipinski definition) is 1. The molecule has 2 heterocycles. The summed E-state index contributed by atoms with van der Waals surface area (Å²) in [6, 6.07) is 8.71. The predicted octanol–water partition coefficient (Wildman–Crippen LogP) is 3.55. The molecule has 1 saturated carbocycles. The Morgan fingerprint density at radius 3 is 2.37 bits per heavy atom. The van der Waals surface area contributed by atoms with Crippen molar-refractivity contribution >= 4 is 28.6 Å². The van der Waals surface area contributed by atoms with Gasteiger partial charge < -0.3 is 19.9 Å². The van der Waals surface area contributed by atoms with E-state index in [0.717, 1.165) is 41.7 Å². The molecule has 1 aromatic heterocycles. The number of nitrogens with one attached hydrogen (secondary N) is 1. The molecular weight excluding hydrogens is 378 g/mol. The van der Waals surface area contributed by atoms with Crippen LogP contribution >= 0.6 is 0 Å². The van der Waals surface area contributed by atoms with Gasteiger partial charge in [0.1, 0.15) is 5.82 Å². The van der Waals surface area contributed by atoms with Gasteiger partial charge in [-0.1, -0.05) is 19.1 Å². The molecule has 164 valence electrons. The lowest BCUT2D eigenvalue weighted by Crippen LogP contribution is -2.39. The minimum Gasteiger partial charge on any atom is -0.378 e. The summed E-state index contributed by atoms with van der Waals surface area (Å²) < 4.78 is 5.06. The molecule has 0 unspecified atom stereocenters. The maximum atomic E-state index is 10.7. The fourth-order valence-corrected chi connectivity index (χ4v) is 3.93. The van der Waals surface area contributed by atoms with E-state index in [-0.39, 0.29) is 5.91 Å². The van der Waals surface area contributed by atoms with Gasteiger partial charge in [-0.05, 0) is 43.7 Å². The van der Waals surface area contributed by atoms with E-state index in [0.29, 0.717) is 19.3 Å². The highest BCUT2D eigenvalue weighted by Gasteiger charge is 2.19. The number of benzene rings is 1. The number of anilines is 2. The summed E-state index contributed by atoms with van der Waals surface area (Å²) in [6.45, 7) is 6.84. The van der Waals surface area contributed by atoms with Crippen LogP contribution in [0.25, 0.3) is 10.9 Å². The summed E-state index contributed by atoms with van der Waals surface area (Å²) in [5.74, 6) is 2.75. The number of fused-ring (bicyclic) bond motifs is 1. The lowest BCUT2D eigenvalue weighted by molar-refractivity contribution is -0.132. The van der Waals surface area contributed by atoms with E-state index in [1.807, 2.05) is 26.2 Å². The van der Waals surface area contributed by atoms with Crippen molar-refractivity contribution in [3.63, 3.8) is 0 Å². The molecule has 2 aliphatic rings. The van der Waals surface area contributed by atoms with E-state index in [1.165, 1.54) is 25.7 Å². The van der Waals surface area contributed by atoms with Gasteiger partial charge in [0.05, 0.1) is 18.7 Å². The summed E-state index contributed by atoms with van der Waals surface area (Å²) in [7, 11) is 4.06. The van der Waals surface area contributed by atoms with Gasteiger partial charge in [0, 0.05) is 45.5 Å². The molecular formula is C23H35N5O2. The highest BCUT2D eigenvalue weighted by Crippen LogP contribution is 2.27. The van der Waals surface area contributed by atoms with Gasteiger partial charge in [-0.15, -0.1) is 0 Å². The van der Waals surface area contributed by atoms with Crippen molar-refractivity contribution in [2.45, 2.75) is 45.6 Å². The molecule has 7 heteroatoms. The topological polar surface area (TPSA) is 70.6 Å². The number of ether oxygens (including phenoxy) is 1. The van der Waals surface area contributed by atoms with E-state index in [2.05, 4.69) is 34.3 Å². The molecule has 1 saturated heterocycles. The quantitative estimate of drug-likeness (QED) is 0.830. The van der Waals surface area contributed by atoms with Crippen LogP contribution in [-0.4, -0.2) is 67.2 Å². The Morgan fingerprint density at radius 1 is 1.10 bits per heavy atom. The molecule has 0 radical (unpaired) electrons. The van der Waals surface area contributed by atoms with Gasteiger partial charge >= 0.3 is 0 Å². The summed E-state index contributed by atoms with van der Waals surface area (Å²) in [6.07, 6.45) is 5.03. The smallest absolute Gasteiger partial charge is 0.225 e. The average molecular weight is 414 g/mol. The molecule has 1 aliphatic carbocycles. The number of nitrogens with zero attached hydrogens (tertiary/aromatic N) is 4. The summed E-state index contributed by atoms with van der Waals surface area (Å²) in [5.41, 5.74) is 1.00. The van der Waals surface area contributed by atoms with Gasteiger partial charge in [-0.2, -0.15) is 4.98 Å². The van der Waals surface area contributed by atoms with E-state index >= 15 is 0 Å². The van der Waals surface area contributed by atoms with Gasteiger partial charge in [-0.3, -0.25) is 4.79 Å². The molecule has 0 bridgehead atoms. The van der Waals surface area contributed by atoms with E-state index in [9.17, 15) is 4.79 Å². The first-order valence-electron chi connectivity index (χ1n) is 11.0. The van der Waals surface area contributed by atoms with Crippen LogP contribution in [0.2, 0.25) is 0 Å². The summed E-state index contributed by atoms with van der Waals surface area (Å²) >= 11 is 0. The first kappa shape index (κ1) is 22.3. The number of para-hydroxylation sites is 1. The zero-order valence-electron chi connectivity index (χ0n) is 18.7. The first-order chi connectivity index (χ1) is 14.4. The monoisotopic (exact) mass is 413 g/mol. The van der Waals surface area contributed by atoms with E-state index in [1.54, 1.807) is 11.8 Å². The highest BCUT2D eigenvalue weighted by atomic mass is 16.5. The largest absolute Gasteiger partial charge is 0.378 e. The molecule has 1 amide bonds. The van der Waals surface area contributed by atoms with Crippen LogP contribution in [0.4, 0.5) is 11.8 Å². The molecule has 2 fully saturated rings. The number of morpholine rings is 1. The Bertz CT molecular complexity index is 827. The highest BCUT2D eigenvalue weighted by molar-refractivity contribution is 5.90. The lowest BCUT2D eigenvalue weighted by Gasteiger charge is -2.27. The number of hydrogen-bond acceptors (Lipinski definition) is 6. The zero-order valence-corrected chi connectivity index (χ0v) is 18.7. The fourth-order valence-electron chi connectivity index (χ4n) is 3.93. The predicted molar refractivity (Wildman–Crippen MR) is 122 cm³/mol. The molecule has 0 spiro atoms. The van der Waals surface area contributed by atoms with Crippen LogP contribution in [0, 0.1) is 5.92 Å². The Balaban J connectivity index is 0.000000239. The molecule has 0 atom stereocenters. The van der Waals surface area contributed by atoms with Crippen LogP contribution in [0.5, 0.6) is 0 Å². The Hall–Kier alpha value is -2.41. The van der Waals surface area contributed by atoms with Crippen LogP contribution in [0.1, 0.15) is 39.5 Å². The minimum atomic E-state index is 0.151. The third-order valence-electron chi connectivity index (χ3n) is 5.81. The second-order valence-corrected chi connectivity index (χ2v) is 8.50. The lowest BCUT2D eigenvalue weighted by atomic mass is 9.87. The van der Waals surface area contributed by atoms with Crippen molar-refractivity contribution in [3.05, 3.63) is 24.3 Å². The first-order valence-corrected chi connectivity index (χ1v) is 11.0. The number of carbonyl (C=O) groups excluding carboxylic acids is 1.